The van der Waals surface area contributed by atoms with Gasteiger partial charge in [-0.2, -0.15) is 4.98 Å². The van der Waals surface area contributed by atoms with E-state index in [1.165, 1.54) is 0 Å². The van der Waals surface area contributed by atoms with Crippen LogP contribution in [0.25, 0.3) is 11.4 Å². The van der Waals surface area contributed by atoms with E-state index in [9.17, 15) is 4.79 Å². The monoisotopic (exact) mass is 368 g/mol. The molecule has 0 aliphatic heterocycles. The molecule has 1 atom stereocenters. The molecule has 25 heavy (non-hydrogen) atoms. The van der Waals surface area contributed by atoms with Crippen LogP contribution in [0.4, 0.5) is 0 Å². The first-order valence-electron chi connectivity index (χ1n) is 7.98. The fourth-order valence-corrected chi connectivity index (χ4v) is 2.18. The van der Waals surface area contributed by atoms with E-state index in [1.54, 1.807) is 19.1 Å². The molecule has 0 saturated heterocycles. The summed E-state index contributed by atoms with van der Waals surface area (Å²) in [5.41, 5.74) is 6.43. The van der Waals surface area contributed by atoms with Crippen LogP contribution in [0.2, 0.25) is 0 Å². The highest BCUT2D eigenvalue weighted by Gasteiger charge is 2.15. The number of hydrogen-bond donors (Lipinski definition) is 1. The highest BCUT2D eigenvalue weighted by atomic mass is 35.5. The summed E-state index contributed by atoms with van der Waals surface area (Å²) in [6, 6.07) is 7.49. The van der Waals surface area contributed by atoms with Crippen LogP contribution in [0.5, 0.6) is 5.75 Å². The molecule has 1 amide bonds. The van der Waals surface area contributed by atoms with Crippen molar-refractivity contribution in [2.45, 2.75) is 32.2 Å². The smallest absolute Gasteiger partial charge is 0.226 e. The van der Waals surface area contributed by atoms with Gasteiger partial charge in [0.05, 0.1) is 7.11 Å². The van der Waals surface area contributed by atoms with Gasteiger partial charge in [0.1, 0.15) is 5.75 Å². The third-order valence-electron chi connectivity index (χ3n) is 3.99. The van der Waals surface area contributed by atoms with Crippen molar-refractivity contribution in [1.29, 1.82) is 0 Å². The lowest BCUT2D eigenvalue weighted by atomic mass is 10.2. The normalized spacial score (nSPS) is 11.5. The van der Waals surface area contributed by atoms with Crippen molar-refractivity contribution in [3.05, 3.63) is 30.2 Å². The quantitative estimate of drug-likeness (QED) is 0.768. The predicted molar refractivity (Wildman–Crippen MR) is 97.8 cm³/mol. The Kier molecular flexibility index (Phi) is 8.37. The van der Waals surface area contributed by atoms with Crippen LogP contribution >= 0.6 is 12.4 Å². The number of rotatable bonds is 8. The maximum atomic E-state index is 12.0. The van der Waals surface area contributed by atoms with Crippen molar-refractivity contribution in [2.75, 3.05) is 20.7 Å². The maximum Gasteiger partial charge on any atom is 0.226 e. The first-order valence-corrected chi connectivity index (χ1v) is 7.98. The van der Waals surface area contributed by atoms with E-state index in [-0.39, 0.29) is 24.4 Å². The van der Waals surface area contributed by atoms with Crippen molar-refractivity contribution < 1.29 is 14.1 Å². The van der Waals surface area contributed by atoms with Gasteiger partial charge in [-0.3, -0.25) is 4.79 Å². The molecule has 2 N–H and O–H groups in total. The van der Waals surface area contributed by atoms with E-state index in [0.717, 1.165) is 11.3 Å². The number of ether oxygens (including phenoxy) is 1. The van der Waals surface area contributed by atoms with Crippen LogP contribution in [0.1, 0.15) is 25.7 Å². The summed E-state index contributed by atoms with van der Waals surface area (Å²) in [4.78, 5) is 18.1. The molecule has 0 aliphatic rings. The maximum absolute atomic E-state index is 12.0. The van der Waals surface area contributed by atoms with Crippen LogP contribution in [0.3, 0.4) is 0 Å². The summed E-state index contributed by atoms with van der Waals surface area (Å²) in [5, 5.41) is 3.98. The van der Waals surface area contributed by atoms with Gasteiger partial charge < -0.3 is 19.9 Å². The lowest BCUT2D eigenvalue weighted by Gasteiger charge is -2.23. The fourth-order valence-electron chi connectivity index (χ4n) is 2.18. The zero-order chi connectivity index (χ0) is 17.5. The molecule has 0 fully saturated rings. The topological polar surface area (TPSA) is 94.5 Å². The number of methoxy groups -OCH3 is 1. The Hall–Kier alpha value is -2.12. The summed E-state index contributed by atoms with van der Waals surface area (Å²) in [5.74, 6) is 1.91. The number of nitrogens with zero attached hydrogens (tertiary/aromatic N) is 3. The number of amides is 1. The number of halogens is 1. The number of benzene rings is 1. The Morgan fingerprint density at radius 3 is 2.64 bits per heavy atom. The van der Waals surface area contributed by atoms with E-state index in [0.29, 0.717) is 37.5 Å². The number of hydrogen-bond acceptors (Lipinski definition) is 6. The summed E-state index contributed by atoms with van der Waals surface area (Å²) in [6.07, 6.45) is 1.66. The number of aryl methyl sites for hydroxylation is 1. The summed E-state index contributed by atoms with van der Waals surface area (Å²) in [7, 11) is 3.39. The van der Waals surface area contributed by atoms with E-state index < -0.39 is 0 Å². The fraction of sp³-hybridized carbons (Fsp3) is 0.471. The Labute approximate surface area is 153 Å². The number of nitrogens with two attached hydrogens (primary N) is 1. The molecule has 1 unspecified atom stereocenters. The first kappa shape index (κ1) is 20.9. The second kappa shape index (κ2) is 10.0. The molecule has 2 rings (SSSR count). The van der Waals surface area contributed by atoms with Crippen LogP contribution < -0.4 is 10.5 Å². The van der Waals surface area contributed by atoms with Crippen LogP contribution in [0, 0.1) is 0 Å². The third-order valence-corrected chi connectivity index (χ3v) is 3.99. The van der Waals surface area contributed by atoms with E-state index in [1.807, 2.05) is 31.2 Å². The van der Waals surface area contributed by atoms with Gasteiger partial charge in [0.2, 0.25) is 17.6 Å². The minimum absolute atomic E-state index is 0. The van der Waals surface area contributed by atoms with E-state index in [2.05, 4.69) is 10.1 Å². The Morgan fingerprint density at radius 2 is 2.04 bits per heavy atom. The zero-order valence-electron chi connectivity index (χ0n) is 14.8. The standard InChI is InChI=1S/C17H24N4O3.ClH/c1-12(11-18)21(2)16(22)6-4-5-15-19-17(20-24-15)13-7-9-14(23-3)10-8-13;/h7-10,12H,4-6,11,18H2,1-3H3;1H. The minimum Gasteiger partial charge on any atom is -0.497 e. The molecule has 8 heteroatoms. The molecule has 1 heterocycles. The molecule has 0 radical (unpaired) electrons. The van der Waals surface area contributed by atoms with Crippen molar-refractivity contribution in [1.82, 2.24) is 15.0 Å². The predicted octanol–water partition coefficient (Wildman–Crippen LogP) is 2.30. The van der Waals surface area contributed by atoms with Crippen molar-refractivity contribution in [2.24, 2.45) is 5.73 Å². The minimum atomic E-state index is 0. The summed E-state index contributed by atoms with van der Waals surface area (Å²) < 4.78 is 10.4. The SMILES string of the molecule is COc1ccc(-c2noc(CCCC(=O)N(C)C(C)CN)n2)cc1.Cl. The Morgan fingerprint density at radius 1 is 1.36 bits per heavy atom. The average Bonchev–Trinajstić information content (AvgIpc) is 3.09. The van der Waals surface area contributed by atoms with Gasteiger partial charge in [0.15, 0.2) is 0 Å². The first-order chi connectivity index (χ1) is 11.5. The molecule has 0 saturated carbocycles. The van der Waals surface area contributed by atoms with Crippen molar-refractivity contribution in [3.8, 4) is 17.1 Å². The lowest BCUT2D eigenvalue weighted by Crippen LogP contribution is -2.39. The van der Waals surface area contributed by atoms with Gasteiger partial charge in [-0.1, -0.05) is 5.16 Å². The highest BCUT2D eigenvalue weighted by molar-refractivity contribution is 5.85. The van der Waals surface area contributed by atoms with Crippen LogP contribution in [-0.2, 0) is 11.2 Å². The zero-order valence-corrected chi connectivity index (χ0v) is 15.6. The number of carbonyl (C=O) groups excluding carboxylic acids is 1. The highest BCUT2D eigenvalue weighted by Crippen LogP contribution is 2.20. The van der Waals surface area contributed by atoms with Crippen LogP contribution in [-0.4, -0.2) is 47.7 Å². The van der Waals surface area contributed by atoms with Gasteiger partial charge in [-0.25, -0.2) is 0 Å². The second-order valence-corrected chi connectivity index (χ2v) is 5.68. The van der Waals surface area contributed by atoms with E-state index >= 15 is 0 Å². The molecule has 1 aromatic heterocycles. The molecular weight excluding hydrogens is 344 g/mol. The Balaban J connectivity index is 0.00000312. The Bertz CT molecular complexity index is 660. The summed E-state index contributed by atoms with van der Waals surface area (Å²) >= 11 is 0. The average molecular weight is 369 g/mol. The number of aromatic nitrogens is 2. The van der Waals surface area contributed by atoms with Gasteiger partial charge in [-0.05, 0) is 37.6 Å². The van der Waals surface area contributed by atoms with E-state index in [4.69, 9.17) is 15.0 Å². The van der Waals surface area contributed by atoms with Gasteiger partial charge in [-0.15, -0.1) is 12.4 Å². The molecule has 0 bridgehead atoms. The molecular formula is C17H25ClN4O3. The van der Waals surface area contributed by atoms with Gasteiger partial charge >= 0.3 is 0 Å². The molecule has 138 valence electrons. The number of carbonyl (C=O) groups is 1. The molecule has 7 nitrogen and oxygen atoms in total. The summed E-state index contributed by atoms with van der Waals surface area (Å²) in [6.45, 7) is 2.38. The second-order valence-electron chi connectivity index (χ2n) is 5.68. The largest absolute Gasteiger partial charge is 0.497 e. The molecule has 2 aromatic rings. The van der Waals surface area contributed by atoms with Crippen molar-refractivity contribution in [3.63, 3.8) is 0 Å². The molecule has 1 aromatic carbocycles. The lowest BCUT2D eigenvalue weighted by molar-refractivity contribution is -0.131. The number of likely N-dealkylation sites (N-methyl/N-ethyl adjacent to an activating group) is 1. The molecule has 0 aliphatic carbocycles. The third kappa shape index (κ3) is 5.72. The van der Waals surface area contributed by atoms with Crippen molar-refractivity contribution >= 4 is 18.3 Å². The van der Waals surface area contributed by atoms with Gasteiger partial charge in [0, 0.05) is 38.0 Å². The van der Waals surface area contributed by atoms with Gasteiger partial charge in [0.25, 0.3) is 0 Å². The molecule has 0 spiro atoms. The van der Waals surface area contributed by atoms with Crippen LogP contribution in [0.15, 0.2) is 28.8 Å².